The summed E-state index contributed by atoms with van der Waals surface area (Å²) in [5.41, 5.74) is -2.57. The molecule has 2 aliphatic carbocycles. The van der Waals surface area contributed by atoms with E-state index in [4.69, 9.17) is 18.9 Å². The zero-order valence-corrected chi connectivity index (χ0v) is 19.7. The Balaban J connectivity index is 2.17. The Hall–Kier alpha value is -2.16. The van der Waals surface area contributed by atoms with Crippen molar-refractivity contribution >= 4 is 23.9 Å². The second-order valence-corrected chi connectivity index (χ2v) is 10.3. The first-order valence-electron chi connectivity index (χ1n) is 11.2. The fraction of sp³-hybridized carbons (Fsp3) is 0.826. The molecule has 9 heteroatoms. The van der Waals surface area contributed by atoms with Crippen LogP contribution in [-0.4, -0.2) is 59.0 Å². The molecule has 9 nitrogen and oxygen atoms in total. The third-order valence-electron chi connectivity index (χ3n) is 7.48. The lowest BCUT2D eigenvalue weighted by Crippen LogP contribution is -2.59. The number of carbonyl (C=O) groups excluding carboxylic acids is 4. The Labute approximate surface area is 188 Å². The van der Waals surface area contributed by atoms with Crippen molar-refractivity contribution < 1.29 is 43.2 Å². The van der Waals surface area contributed by atoms with Crippen molar-refractivity contribution in [3.63, 3.8) is 0 Å². The lowest BCUT2D eigenvalue weighted by Gasteiger charge is -2.48. The van der Waals surface area contributed by atoms with Crippen LogP contribution in [0.4, 0.5) is 0 Å². The van der Waals surface area contributed by atoms with E-state index in [1.807, 2.05) is 0 Å². The SMILES string of the molecule is CC(=O)O[C@H]1C[C@@H]2[C@H](OC(C)=O)[C@@]1(C)[C@H]1OC(=O)[C@@H](C)[C@@H]1[C@H](OC(=O)C(C)C)C[C@@]2(C)O. The van der Waals surface area contributed by atoms with E-state index in [-0.39, 0.29) is 12.8 Å². The Morgan fingerprint density at radius 3 is 2.22 bits per heavy atom. The van der Waals surface area contributed by atoms with Gasteiger partial charge in [-0.05, 0) is 20.3 Å². The summed E-state index contributed by atoms with van der Waals surface area (Å²) in [6.45, 7) is 11.0. The van der Waals surface area contributed by atoms with Crippen molar-refractivity contribution in [3.05, 3.63) is 0 Å². The fourth-order valence-electron chi connectivity index (χ4n) is 5.80. The van der Waals surface area contributed by atoms with Gasteiger partial charge < -0.3 is 24.1 Å². The van der Waals surface area contributed by atoms with Crippen LogP contribution in [0.5, 0.6) is 0 Å². The lowest BCUT2D eigenvalue weighted by atomic mass is 9.64. The molecule has 3 aliphatic rings. The molecule has 0 aromatic carbocycles. The van der Waals surface area contributed by atoms with E-state index in [1.54, 1.807) is 34.6 Å². The Morgan fingerprint density at radius 1 is 1.09 bits per heavy atom. The summed E-state index contributed by atoms with van der Waals surface area (Å²) in [5, 5.41) is 11.6. The molecule has 2 bridgehead atoms. The van der Waals surface area contributed by atoms with Crippen LogP contribution in [0.2, 0.25) is 0 Å². The number of hydrogen-bond donors (Lipinski definition) is 1. The molecule has 1 heterocycles. The second kappa shape index (κ2) is 8.32. The van der Waals surface area contributed by atoms with Crippen molar-refractivity contribution in [2.24, 2.45) is 29.1 Å². The summed E-state index contributed by atoms with van der Waals surface area (Å²) < 4.78 is 23.0. The van der Waals surface area contributed by atoms with Crippen LogP contribution in [-0.2, 0) is 38.1 Å². The summed E-state index contributed by atoms with van der Waals surface area (Å²) in [5.74, 6) is -4.27. The number of fused-ring (bicyclic) bond motifs is 4. The molecular formula is C23H34O9. The minimum Gasteiger partial charge on any atom is -0.462 e. The van der Waals surface area contributed by atoms with Crippen molar-refractivity contribution in [1.29, 1.82) is 0 Å². The van der Waals surface area contributed by atoms with Crippen molar-refractivity contribution in [3.8, 4) is 0 Å². The van der Waals surface area contributed by atoms with Gasteiger partial charge in [-0.25, -0.2) is 0 Å². The van der Waals surface area contributed by atoms with Crippen LogP contribution >= 0.6 is 0 Å². The highest BCUT2D eigenvalue weighted by atomic mass is 16.6. The number of ether oxygens (including phenoxy) is 4. The maximum Gasteiger partial charge on any atom is 0.309 e. The van der Waals surface area contributed by atoms with E-state index < -0.39 is 83.0 Å². The summed E-state index contributed by atoms with van der Waals surface area (Å²) >= 11 is 0. The molecule has 9 atom stereocenters. The normalized spacial score (nSPS) is 43.0. The van der Waals surface area contributed by atoms with Crippen LogP contribution in [0.25, 0.3) is 0 Å². The van der Waals surface area contributed by atoms with Crippen LogP contribution in [0.15, 0.2) is 0 Å². The molecule has 0 radical (unpaired) electrons. The highest BCUT2D eigenvalue weighted by molar-refractivity contribution is 5.76. The van der Waals surface area contributed by atoms with E-state index in [0.29, 0.717) is 0 Å². The van der Waals surface area contributed by atoms with E-state index in [1.165, 1.54) is 13.8 Å². The van der Waals surface area contributed by atoms with Gasteiger partial charge in [0.1, 0.15) is 24.4 Å². The standard InChI is InChI=1S/C23H34O9/c1-10(2)20(26)31-15-9-22(6,28)14-8-16(29-12(4)24)23(7,18(14)30-13(5)25)19-17(15)11(3)21(27)32-19/h10-11,14-19,28H,8-9H2,1-7H3/t11-,14+,15+,16-,17+,18-,19-,22+,23-/m0/s1. The van der Waals surface area contributed by atoms with Crippen molar-refractivity contribution in [2.45, 2.75) is 91.3 Å². The molecule has 3 fully saturated rings. The lowest BCUT2D eigenvalue weighted by molar-refractivity contribution is -0.202. The van der Waals surface area contributed by atoms with Gasteiger partial charge in [0.25, 0.3) is 0 Å². The molecule has 1 N–H and O–H groups in total. The van der Waals surface area contributed by atoms with Gasteiger partial charge in [0.05, 0.1) is 22.9 Å². The minimum absolute atomic E-state index is 0.0267. The van der Waals surface area contributed by atoms with E-state index in [0.717, 1.165) is 0 Å². The molecule has 0 unspecified atom stereocenters. The third kappa shape index (κ3) is 4.00. The fourth-order valence-corrected chi connectivity index (χ4v) is 5.80. The second-order valence-electron chi connectivity index (χ2n) is 10.3. The van der Waals surface area contributed by atoms with Gasteiger partial charge in [-0.2, -0.15) is 0 Å². The molecule has 180 valence electrons. The van der Waals surface area contributed by atoms with Gasteiger partial charge in [-0.3, -0.25) is 19.2 Å². The first-order valence-corrected chi connectivity index (χ1v) is 11.2. The molecule has 0 spiro atoms. The Kier molecular flexibility index (Phi) is 6.36. The Bertz CT molecular complexity index is 803. The average Bonchev–Trinajstić information content (AvgIpc) is 3.10. The van der Waals surface area contributed by atoms with Crippen molar-refractivity contribution in [2.75, 3.05) is 0 Å². The van der Waals surface area contributed by atoms with Crippen LogP contribution in [0.3, 0.4) is 0 Å². The van der Waals surface area contributed by atoms with E-state index in [2.05, 4.69) is 0 Å². The smallest absolute Gasteiger partial charge is 0.309 e. The van der Waals surface area contributed by atoms with Gasteiger partial charge in [0.2, 0.25) is 0 Å². The highest BCUT2D eigenvalue weighted by Crippen LogP contribution is 2.59. The van der Waals surface area contributed by atoms with Gasteiger partial charge >= 0.3 is 23.9 Å². The molecule has 32 heavy (non-hydrogen) atoms. The zero-order valence-electron chi connectivity index (χ0n) is 19.7. The van der Waals surface area contributed by atoms with Gasteiger partial charge in [-0.1, -0.05) is 20.8 Å². The molecule has 1 saturated heterocycles. The molecule has 2 saturated carbocycles. The highest BCUT2D eigenvalue weighted by Gasteiger charge is 2.71. The first-order chi connectivity index (χ1) is 14.7. The van der Waals surface area contributed by atoms with E-state index >= 15 is 0 Å². The van der Waals surface area contributed by atoms with Gasteiger partial charge in [0.15, 0.2) is 0 Å². The maximum atomic E-state index is 12.7. The van der Waals surface area contributed by atoms with Gasteiger partial charge in [-0.15, -0.1) is 0 Å². The molecule has 0 aromatic rings. The summed E-state index contributed by atoms with van der Waals surface area (Å²) in [6.07, 6.45) is -3.05. The number of esters is 4. The van der Waals surface area contributed by atoms with Crippen LogP contribution in [0.1, 0.15) is 61.3 Å². The zero-order chi connectivity index (χ0) is 24.2. The quantitative estimate of drug-likeness (QED) is 0.500. The number of aliphatic hydroxyl groups is 1. The molecule has 3 rings (SSSR count). The summed E-state index contributed by atoms with van der Waals surface area (Å²) in [7, 11) is 0. The monoisotopic (exact) mass is 454 g/mol. The maximum absolute atomic E-state index is 12.7. The number of hydrogen-bond acceptors (Lipinski definition) is 9. The molecule has 0 amide bonds. The first kappa shape index (κ1) is 24.5. The van der Waals surface area contributed by atoms with Gasteiger partial charge in [0, 0.05) is 32.1 Å². The van der Waals surface area contributed by atoms with E-state index in [9.17, 15) is 24.3 Å². The Morgan fingerprint density at radius 2 is 1.69 bits per heavy atom. The summed E-state index contributed by atoms with van der Waals surface area (Å²) in [4.78, 5) is 49.2. The minimum atomic E-state index is -1.44. The third-order valence-corrected chi connectivity index (χ3v) is 7.48. The average molecular weight is 455 g/mol. The van der Waals surface area contributed by atoms with Crippen LogP contribution in [0, 0.1) is 29.1 Å². The largest absolute Gasteiger partial charge is 0.462 e. The van der Waals surface area contributed by atoms with Crippen LogP contribution < -0.4 is 0 Å². The number of carbonyl (C=O) groups is 4. The van der Waals surface area contributed by atoms with Crippen molar-refractivity contribution in [1.82, 2.24) is 0 Å². The predicted molar refractivity (Wildman–Crippen MR) is 110 cm³/mol. The molecular weight excluding hydrogens is 420 g/mol. The summed E-state index contributed by atoms with van der Waals surface area (Å²) in [6, 6.07) is 0. The topological polar surface area (TPSA) is 125 Å². The molecule has 1 aliphatic heterocycles. The molecule has 0 aromatic heterocycles. The predicted octanol–water partition coefficient (Wildman–Crippen LogP) is 1.78. The number of rotatable bonds is 4.